The molecule has 1 fully saturated rings. The highest BCUT2D eigenvalue weighted by Gasteiger charge is 2.27. The smallest absolute Gasteiger partial charge is 0.368 e. The maximum atomic E-state index is 12.3. The van der Waals surface area contributed by atoms with Crippen molar-refractivity contribution in [3.8, 4) is 22.9 Å². The summed E-state index contributed by atoms with van der Waals surface area (Å²) in [6, 6.07) is 10.5. The molecule has 8 nitrogen and oxygen atoms in total. The van der Waals surface area contributed by atoms with Crippen molar-refractivity contribution < 1.29 is 14.6 Å². The third-order valence-corrected chi connectivity index (χ3v) is 4.66. The summed E-state index contributed by atoms with van der Waals surface area (Å²) in [5.41, 5.74) is 1.90. The Morgan fingerprint density at radius 3 is 2.67 bits per heavy atom. The summed E-state index contributed by atoms with van der Waals surface area (Å²) in [4.78, 5) is 12.3. The molecule has 27 heavy (non-hydrogen) atoms. The number of aromatic hydroxyl groups is 1. The Labute approximate surface area is 155 Å². The number of tetrazole rings is 1. The van der Waals surface area contributed by atoms with Crippen LogP contribution in [0.3, 0.4) is 0 Å². The second-order valence-corrected chi connectivity index (χ2v) is 6.54. The first-order valence-corrected chi connectivity index (χ1v) is 8.69. The van der Waals surface area contributed by atoms with E-state index in [9.17, 15) is 9.90 Å². The van der Waals surface area contributed by atoms with Gasteiger partial charge in [-0.15, -0.1) is 0 Å². The van der Waals surface area contributed by atoms with E-state index in [4.69, 9.17) is 9.47 Å². The summed E-state index contributed by atoms with van der Waals surface area (Å²) in [5.74, 6) is 1.97. The molecule has 4 rings (SSSR count). The van der Waals surface area contributed by atoms with Crippen molar-refractivity contribution in [1.29, 1.82) is 0 Å². The minimum atomic E-state index is -0.354. The molecule has 0 bridgehead atoms. The van der Waals surface area contributed by atoms with E-state index in [1.807, 2.05) is 6.07 Å². The zero-order chi connectivity index (χ0) is 19.0. The van der Waals surface area contributed by atoms with E-state index in [1.54, 1.807) is 44.5 Å². The Balaban J connectivity index is 1.70. The first-order valence-electron chi connectivity index (χ1n) is 8.69. The number of aromatic nitrogens is 4. The van der Waals surface area contributed by atoms with Gasteiger partial charge < -0.3 is 14.6 Å². The number of phenolic OH excluding ortho intramolecular Hbond substituents is 1. The van der Waals surface area contributed by atoms with Gasteiger partial charge in [0.2, 0.25) is 0 Å². The molecule has 0 saturated heterocycles. The number of nitrogens with zero attached hydrogens (tertiary/aromatic N) is 4. The number of rotatable bonds is 6. The summed E-state index contributed by atoms with van der Waals surface area (Å²) in [6.07, 6.45) is 2.18. The van der Waals surface area contributed by atoms with Gasteiger partial charge in [-0.2, -0.15) is 9.36 Å². The molecule has 2 aromatic carbocycles. The Morgan fingerprint density at radius 1 is 1.19 bits per heavy atom. The molecule has 1 N–H and O–H groups in total. The minimum absolute atomic E-state index is 0.187. The SMILES string of the molecule is COc1cccc(-n2nnn(C)c2=O)c1COc1ccc(O)cc1C1CC1. The molecule has 1 aliphatic rings. The zero-order valence-electron chi connectivity index (χ0n) is 15.1. The van der Waals surface area contributed by atoms with Gasteiger partial charge in [-0.05, 0) is 59.5 Å². The molecule has 3 aromatic rings. The first-order chi connectivity index (χ1) is 13.1. The Morgan fingerprint density at radius 2 is 2.00 bits per heavy atom. The van der Waals surface area contributed by atoms with Gasteiger partial charge in [0.05, 0.1) is 18.4 Å². The van der Waals surface area contributed by atoms with Crippen molar-refractivity contribution in [2.45, 2.75) is 25.4 Å². The molecule has 1 saturated carbocycles. The van der Waals surface area contributed by atoms with Crippen LogP contribution in [0.4, 0.5) is 0 Å². The van der Waals surface area contributed by atoms with Crippen LogP contribution >= 0.6 is 0 Å². The summed E-state index contributed by atoms with van der Waals surface area (Å²) >= 11 is 0. The van der Waals surface area contributed by atoms with Crippen molar-refractivity contribution in [1.82, 2.24) is 19.8 Å². The number of phenols is 1. The molecule has 0 atom stereocenters. The fraction of sp³-hybridized carbons (Fsp3) is 0.316. The van der Waals surface area contributed by atoms with Crippen LogP contribution in [0, 0.1) is 0 Å². The Kier molecular flexibility index (Phi) is 4.31. The van der Waals surface area contributed by atoms with E-state index in [2.05, 4.69) is 10.4 Å². The summed E-state index contributed by atoms with van der Waals surface area (Å²) in [7, 11) is 3.11. The van der Waals surface area contributed by atoms with E-state index in [-0.39, 0.29) is 18.0 Å². The van der Waals surface area contributed by atoms with Crippen molar-refractivity contribution in [3.05, 3.63) is 58.0 Å². The first kappa shape index (κ1) is 17.1. The van der Waals surface area contributed by atoms with Crippen LogP contribution in [-0.2, 0) is 13.7 Å². The second-order valence-electron chi connectivity index (χ2n) is 6.54. The van der Waals surface area contributed by atoms with Gasteiger partial charge in [-0.3, -0.25) is 0 Å². The molecule has 0 aliphatic heterocycles. The van der Waals surface area contributed by atoms with E-state index in [1.165, 1.54) is 4.68 Å². The van der Waals surface area contributed by atoms with Crippen LogP contribution in [0.15, 0.2) is 41.2 Å². The number of hydrogen-bond donors (Lipinski definition) is 1. The fourth-order valence-corrected chi connectivity index (χ4v) is 3.08. The molecule has 140 valence electrons. The fourth-order valence-electron chi connectivity index (χ4n) is 3.08. The molecule has 1 heterocycles. The summed E-state index contributed by atoms with van der Waals surface area (Å²) < 4.78 is 13.9. The van der Waals surface area contributed by atoms with Crippen molar-refractivity contribution >= 4 is 0 Å². The quantitative estimate of drug-likeness (QED) is 0.717. The van der Waals surface area contributed by atoms with Crippen LogP contribution in [0.5, 0.6) is 17.2 Å². The van der Waals surface area contributed by atoms with E-state index in [0.29, 0.717) is 22.9 Å². The number of methoxy groups -OCH3 is 1. The van der Waals surface area contributed by atoms with Gasteiger partial charge in [-0.1, -0.05) is 6.07 Å². The Bertz CT molecular complexity index is 1040. The lowest BCUT2D eigenvalue weighted by molar-refractivity contribution is 0.292. The molecule has 0 spiro atoms. The number of aryl methyl sites for hydroxylation is 1. The van der Waals surface area contributed by atoms with Crippen LogP contribution < -0.4 is 15.2 Å². The highest BCUT2D eigenvalue weighted by Crippen LogP contribution is 2.45. The van der Waals surface area contributed by atoms with Crippen molar-refractivity contribution in [2.75, 3.05) is 7.11 Å². The molecular weight excluding hydrogens is 348 g/mol. The lowest BCUT2D eigenvalue weighted by atomic mass is 10.1. The second kappa shape index (κ2) is 6.79. The third-order valence-electron chi connectivity index (χ3n) is 4.66. The highest BCUT2D eigenvalue weighted by atomic mass is 16.5. The molecule has 0 radical (unpaired) electrons. The molecule has 1 aliphatic carbocycles. The van der Waals surface area contributed by atoms with E-state index >= 15 is 0 Å². The maximum absolute atomic E-state index is 12.3. The third kappa shape index (κ3) is 3.25. The van der Waals surface area contributed by atoms with Crippen LogP contribution in [0.25, 0.3) is 5.69 Å². The molecular formula is C19H20N4O4. The monoisotopic (exact) mass is 368 g/mol. The van der Waals surface area contributed by atoms with Gasteiger partial charge in [0.1, 0.15) is 23.9 Å². The Hall–Kier alpha value is -3.29. The van der Waals surface area contributed by atoms with Gasteiger partial charge >= 0.3 is 5.69 Å². The maximum Gasteiger partial charge on any atom is 0.368 e. The van der Waals surface area contributed by atoms with Crippen LogP contribution in [-0.4, -0.2) is 32.0 Å². The van der Waals surface area contributed by atoms with E-state index < -0.39 is 0 Å². The number of benzene rings is 2. The van der Waals surface area contributed by atoms with Gasteiger partial charge in [0.15, 0.2) is 0 Å². The summed E-state index contributed by atoms with van der Waals surface area (Å²) in [5, 5.41) is 17.5. The zero-order valence-corrected chi connectivity index (χ0v) is 15.1. The van der Waals surface area contributed by atoms with Gasteiger partial charge in [0.25, 0.3) is 0 Å². The molecule has 1 aromatic heterocycles. The number of hydrogen-bond acceptors (Lipinski definition) is 6. The van der Waals surface area contributed by atoms with Crippen LogP contribution in [0.1, 0.15) is 29.9 Å². The topological polar surface area (TPSA) is 91.4 Å². The van der Waals surface area contributed by atoms with Gasteiger partial charge in [0, 0.05) is 12.6 Å². The van der Waals surface area contributed by atoms with Crippen LogP contribution in [0.2, 0.25) is 0 Å². The normalized spacial score (nSPS) is 13.6. The predicted molar refractivity (Wildman–Crippen MR) is 97.6 cm³/mol. The number of ether oxygens (including phenoxy) is 2. The van der Waals surface area contributed by atoms with Crippen molar-refractivity contribution in [2.24, 2.45) is 7.05 Å². The van der Waals surface area contributed by atoms with Gasteiger partial charge in [-0.25, -0.2) is 4.79 Å². The van der Waals surface area contributed by atoms with E-state index in [0.717, 1.165) is 28.8 Å². The van der Waals surface area contributed by atoms with Crippen molar-refractivity contribution in [3.63, 3.8) is 0 Å². The minimum Gasteiger partial charge on any atom is -0.508 e. The summed E-state index contributed by atoms with van der Waals surface area (Å²) in [6.45, 7) is 0.187. The highest BCUT2D eigenvalue weighted by molar-refractivity contribution is 5.50. The largest absolute Gasteiger partial charge is 0.508 e. The predicted octanol–water partition coefficient (Wildman–Crippen LogP) is 2.14. The average Bonchev–Trinajstić information content (AvgIpc) is 3.47. The average molecular weight is 368 g/mol. The standard InChI is InChI=1S/C19H20N4O4/c1-22-19(25)23(21-20-22)16-4-3-5-17(26-2)15(16)11-27-18-9-8-13(24)10-14(18)12-6-7-12/h3-5,8-10,12,24H,6-7,11H2,1-2H3. The lowest BCUT2D eigenvalue weighted by Gasteiger charge is -2.16. The molecule has 0 unspecified atom stereocenters. The molecule has 8 heteroatoms. The molecule has 0 amide bonds. The lowest BCUT2D eigenvalue weighted by Crippen LogP contribution is -2.23.